The molecule has 0 aromatic heterocycles. The molecule has 0 aliphatic heterocycles. The molecule has 1 fully saturated rings. The fourth-order valence-corrected chi connectivity index (χ4v) is 2.84. The number of carbonyl (C=O) groups is 1. The minimum absolute atomic E-state index is 0.0913. The Morgan fingerprint density at radius 3 is 2.50 bits per heavy atom. The summed E-state index contributed by atoms with van der Waals surface area (Å²) in [4.78, 5) is 12.1. The lowest BCUT2D eigenvalue weighted by atomic mass is 9.95. The molecule has 0 unspecified atom stereocenters. The molecule has 1 aromatic rings. The Labute approximate surface area is 132 Å². The van der Waals surface area contributed by atoms with Gasteiger partial charge in [0.1, 0.15) is 0 Å². The highest BCUT2D eigenvalue weighted by atomic mass is 16.5. The molecule has 22 heavy (non-hydrogen) atoms. The maximum Gasteiger partial charge on any atom is 0.251 e. The molecule has 0 atom stereocenters. The summed E-state index contributed by atoms with van der Waals surface area (Å²) in [5.41, 5.74) is 0.579. The molecular weight excluding hydrogens is 280 g/mol. The Hall–Kier alpha value is -1.75. The maximum absolute atomic E-state index is 12.1. The number of benzene rings is 1. The van der Waals surface area contributed by atoms with Gasteiger partial charge in [-0.25, -0.2) is 0 Å². The van der Waals surface area contributed by atoms with Crippen LogP contribution in [0, 0.1) is 0 Å². The molecule has 1 aromatic carbocycles. The Bertz CT molecular complexity index is 485. The Balaban J connectivity index is 1.77. The van der Waals surface area contributed by atoms with Crippen molar-refractivity contribution in [1.29, 1.82) is 0 Å². The van der Waals surface area contributed by atoms with Crippen LogP contribution in [0.2, 0.25) is 0 Å². The predicted molar refractivity (Wildman–Crippen MR) is 86.8 cm³/mol. The average Bonchev–Trinajstić information content (AvgIpc) is 2.58. The zero-order valence-electron chi connectivity index (χ0n) is 13.5. The summed E-state index contributed by atoms with van der Waals surface area (Å²) in [5, 5.41) is 6.44. The zero-order valence-corrected chi connectivity index (χ0v) is 13.5. The van der Waals surface area contributed by atoms with Crippen LogP contribution in [-0.4, -0.2) is 39.3 Å². The number of carbonyl (C=O) groups excluding carboxylic acids is 1. The van der Waals surface area contributed by atoms with Crippen LogP contribution >= 0.6 is 0 Å². The van der Waals surface area contributed by atoms with Crippen molar-refractivity contribution in [3.8, 4) is 11.5 Å². The summed E-state index contributed by atoms with van der Waals surface area (Å²) in [5.74, 6) is 1.10. The van der Waals surface area contributed by atoms with E-state index in [1.807, 2.05) is 0 Å². The highest BCUT2D eigenvalue weighted by Crippen LogP contribution is 2.27. The van der Waals surface area contributed by atoms with Gasteiger partial charge in [-0.3, -0.25) is 4.79 Å². The van der Waals surface area contributed by atoms with Crippen molar-refractivity contribution < 1.29 is 14.3 Å². The summed E-state index contributed by atoms with van der Waals surface area (Å²) >= 11 is 0. The number of amides is 1. The van der Waals surface area contributed by atoms with E-state index in [4.69, 9.17) is 9.47 Å². The second kappa shape index (κ2) is 8.63. The summed E-state index contributed by atoms with van der Waals surface area (Å²) in [6.45, 7) is 1.44. The lowest BCUT2D eigenvalue weighted by Crippen LogP contribution is -2.37. The fraction of sp³-hybridized carbons (Fsp3) is 0.588. The van der Waals surface area contributed by atoms with Crippen molar-refractivity contribution >= 4 is 5.91 Å². The molecular formula is C17H26N2O3. The third kappa shape index (κ3) is 4.63. The summed E-state index contributed by atoms with van der Waals surface area (Å²) in [6.07, 6.45) is 6.49. The van der Waals surface area contributed by atoms with Gasteiger partial charge in [-0.2, -0.15) is 0 Å². The van der Waals surface area contributed by atoms with E-state index in [2.05, 4.69) is 10.6 Å². The number of methoxy groups -OCH3 is 2. The smallest absolute Gasteiger partial charge is 0.251 e. The first-order chi connectivity index (χ1) is 10.7. The summed E-state index contributed by atoms with van der Waals surface area (Å²) < 4.78 is 10.4. The first-order valence-electron chi connectivity index (χ1n) is 7.98. The summed E-state index contributed by atoms with van der Waals surface area (Å²) in [6, 6.07) is 5.80. The van der Waals surface area contributed by atoms with Crippen LogP contribution in [0.1, 0.15) is 42.5 Å². The van der Waals surface area contributed by atoms with Crippen molar-refractivity contribution in [3.63, 3.8) is 0 Å². The number of hydrogen-bond donors (Lipinski definition) is 2. The lowest BCUT2D eigenvalue weighted by Gasteiger charge is -2.22. The second-order valence-corrected chi connectivity index (χ2v) is 5.61. The molecule has 2 N–H and O–H groups in total. The minimum Gasteiger partial charge on any atom is -0.493 e. The van der Waals surface area contributed by atoms with Gasteiger partial charge < -0.3 is 20.1 Å². The SMILES string of the molecule is COc1ccc(C(=O)NCCNC2CCCCC2)cc1OC. The molecule has 1 aliphatic rings. The Morgan fingerprint density at radius 2 is 1.82 bits per heavy atom. The molecule has 1 saturated carbocycles. The highest BCUT2D eigenvalue weighted by molar-refractivity contribution is 5.94. The third-order valence-corrected chi connectivity index (χ3v) is 4.09. The van der Waals surface area contributed by atoms with Gasteiger partial charge in [-0.15, -0.1) is 0 Å². The first kappa shape index (κ1) is 16.6. The molecule has 0 radical (unpaired) electrons. The molecule has 0 heterocycles. The van der Waals surface area contributed by atoms with Crippen molar-refractivity contribution in [1.82, 2.24) is 10.6 Å². The van der Waals surface area contributed by atoms with Crippen LogP contribution in [0.5, 0.6) is 11.5 Å². The third-order valence-electron chi connectivity index (χ3n) is 4.09. The van der Waals surface area contributed by atoms with Crippen molar-refractivity contribution in [3.05, 3.63) is 23.8 Å². The molecule has 5 heteroatoms. The van der Waals surface area contributed by atoms with Crippen LogP contribution in [0.15, 0.2) is 18.2 Å². The Morgan fingerprint density at radius 1 is 1.09 bits per heavy atom. The van der Waals surface area contributed by atoms with Crippen LogP contribution < -0.4 is 20.1 Å². The van der Waals surface area contributed by atoms with E-state index < -0.39 is 0 Å². The number of rotatable bonds is 7. The van der Waals surface area contributed by atoms with Gasteiger partial charge in [0.15, 0.2) is 11.5 Å². The number of nitrogens with one attached hydrogen (secondary N) is 2. The molecule has 5 nitrogen and oxygen atoms in total. The normalized spacial score (nSPS) is 15.4. The van der Waals surface area contributed by atoms with Crippen LogP contribution in [0.25, 0.3) is 0 Å². The Kier molecular flexibility index (Phi) is 6.52. The molecule has 2 rings (SSSR count). The molecule has 122 valence electrons. The average molecular weight is 306 g/mol. The molecule has 0 saturated heterocycles. The van der Waals surface area contributed by atoms with E-state index in [-0.39, 0.29) is 5.91 Å². The van der Waals surface area contributed by atoms with E-state index in [0.29, 0.717) is 29.6 Å². The van der Waals surface area contributed by atoms with Crippen molar-refractivity contribution in [2.24, 2.45) is 0 Å². The highest BCUT2D eigenvalue weighted by Gasteiger charge is 2.13. The van der Waals surface area contributed by atoms with Crippen LogP contribution in [0.4, 0.5) is 0 Å². The fourth-order valence-electron chi connectivity index (χ4n) is 2.84. The second-order valence-electron chi connectivity index (χ2n) is 5.61. The number of ether oxygens (including phenoxy) is 2. The largest absolute Gasteiger partial charge is 0.493 e. The molecule has 0 spiro atoms. The van der Waals surface area contributed by atoms with Gasteiger partial charge in [-0.05, 0) is 31.0 Å². The van der Waals surface area contributed by atoms with Crippen LogP contribution in [0.3, 0.4) is 0 Å². The van der Waals surface area contributed by atoms with Gasteiger partial charge in [0.25, 0.3) is 5.91 Å². The van der Waals surface area contributed by atoms with Gasteiger partial charge >= 0.3 is 0 Å². The number of hydrogen-bond acceptors (Lipinski definition) is 4. The lowest BCUT2D eigenvalue weighted by molar-refractivity contribution is 0.0953. The van der Waals surface area contributed by atoms with E-state index in [1.54, 1.807) is 32.4 Å². The standard InChI is InChI=1S/C17H26N2O3/c1-21-15-9-8-13(12-16(15)22-2)17(20)19-11-10-18-14-6-4-3-5-7-14/h8-9,12,14,18H,3-7,10-11H2,1-2H3,(H,19,20). The molecule has 0 bridgehead atoms. The van der Waals surface area contributed by atoms with Gasteiger partial charge in [0.05, 0.1) is 14.2 Å². The van der Waals surface area contributed by atoms with E-state index >= 15 is 0 Å². The monoisotopic (exact) mass is 306 g/mol. The topological polar surface area (TPSA) is 59.6 Å². The quantitative estimate of drug-likeness (QED) is 0.759. The van der Waals surface area contributed by atoms with E-state index in [9.17, 15) is 4.79 Å². The van der Waals surface area contributed by atoms with Gasteiger partial charge in [0.2, 0.25) is 0 Å². The van der Waals surface area contributed by atoms with E-state index in [0.717, 1.165) is 6.54 Å². The van der Waals surface area contributed by atoms with Crippen molar-refractivity contribution in [2.75, 3.05) is 27.3 Å². The first-order valence-corrected chi connectivity index (χ1v) is 7.98. The van der Waals surface area contributed by atoms with Gasteiger partial charge in [0, 0.05) is 24.7 Å². The molecule has 1 aliphatic carbocycles. The zero-order chi connectivity index (χ0) is 15.8. The van der Waals surface area contributed by atoms with Crippen LogP contribution in [-0.2, 0) is 0 Å². The molecule has 1 amide bonds. The minimum atomic E-state index is -0.0913. The van der Waals surface area contributed by atoms with E-state index in [1.165, 1.54) is 32.1 Å². The summed E-state index contributed by atoms with van der Waals surface area (Å²) in [7, 11) is 3.14. The maximum atomic E-state index is 12.1. The van der Waals surface area contributed by atoms with Gasteiger partial charge in [-0.1, -0.05) is 19.3 Å². The predicted octanol–water partition coefficient (Wildman–Crippen LogP) is 2.36. The van der Waals surface area contributed by atoms with Crippen molar-refractivity contribution in [2.45, 2.75) is 38.1 Å².